The topological polar surface area (TPSA) is 30.5 Å². The van der Waals surface area contributed by atoms with Gasteiger partial charge < -0.3 is 14.8 Å². The number of nitrogens with one attached hydrogen (secondary N) is 1. The zero-order valence-electron chi connectivity index (χ0n) is 9.16. The van der Waals surface area contributed by atoms with Crippen LogP contribution in [0.3, 0.4) is 0 Å². The lowest BCUT2D eigenvalue weighted by Gasteiger charge is -2.37. The van der Waals surface area contributed by atoms with Gasteiger partial charge in [-0.05, 0) is 32.1 Å². The van der Waals surface area contributed by atoms with Gasteiger partial charge in [0, 0.05) is 25.8 Å². The highest BCUT2D eigenvalue weighted by atomic mass is 16.5. The smallest absolute Gasteiger partial charge is 0.0601 e. The molecule has 0 radical (unpaired) electrons. The number of rotatable bonds is 4. The first-order chi connectivity index (χ1) is 6.79. The Kier molecular flexibility index (Phi) is 3.42. The second kappa shape index (κ2) is 4.60. The Bertz CT molecular complexity index is 174. The van der Waals surface area contributed by atoms with Gasteiger partial charge in [-0.25, -0.2) is 0 Å². The molecule has 1 saturated carbocycles. The van der Waals surface area contributed by atoms with E-state index in [1.165, 1.54) is 19.3 Å². The molecule has 0 aromatic rings. The average molecular weight is 199 g/mol. The summed E-state index contributed by atoms with van der Waals surface area (Å²) in [5.41, 5.74) is 0. The molecule has 1 N–H and O–H groups in total. The first kappa shape index (κ1) is 10.4. The summed E-state index contributed by atoms with van der Waals surface area (Å²) in [6.07, 6.45) is 4.07. The maximum atomic E-state index is 5.39. The van der Waals surface area contributed by atoms with Gasteiger partial charge in [0.2, 0.25) is 0 Å². The van der Waals surface area contributed by atoms with Crippen molar-refractivity contribution in [2.45, 2.75) is 44.4 Å². The summed E-state index contributed by atoms with van der Waals surface area (Å²) in [6, 6.07) is 1.27. The molecule has 0 bridgehead atoms. The Hall–Kier alpha value is -0.120. The standard InChI is InChI=1S/C11H21NO2/c1-8(9-3-4-14-7-9)12-10-5-11(6-10)13-2/h8-12H,3-7H2,1-2H3. The molecule has 2 fully saturated rings. The van der Waals surface area contributed by atoms with Gasteiger partial charge in [0.1, 0.15) is 0 Å². The van der Waals surface area contributed by atoms with E-state index in [4.69, 9.17) is 9.47 Å². The molecule has 14 heavy (non-hydrogen) atoms. The van der Waals surface area contributed by atoms with E-state index in [0.29, 0.717) is 18.2 Å². The third kappa shape index (κ3) is 2.27. The van der Waals surface area contributed by atoms with Crippen LogP contribution < -0.4 is 5.32 Å². The summed E-state index contributed by atoms with van der Waals surface area (Å²) in [4.78, 5) is 0. The maximum Gasteiger partial charge on any atom is 0.0601 e. The third-order valence-electron chi connectivity index (χ3n) is 3.60. The second-order valence-electron chi connectivity index (χ2n) is 4.61. The Balaban J connectivity index is 1.65. The van der Waals surface area contributed by atoms with Gasteiger partial charge >= 0.3 is 0 Å². The Morgan fingerprint density at radius 2 is 2.21 bits per heavy atom. The molecule has 1 aliphatic carbocycles. The molecule has 1 heterocycles. The first-order valence-electron chi connectivity index (χ1n) is 5.66. The fraction of sp³-hybridized carbons (Fsp3) is 1.00. The fourth-order valence-electron chi connectivity index (χ4n) is 2.35. The number of ether oxygens (including phenoxy) is 2. The van der Waals surface area contributed by atoms with Gasteiger partial charge in [-0.2, -0.15) is 0 Å². The molecule has 2 rings (SSSR count). The molecule has 2 aliphatic rings. The van der Waals surface area contributed by atoms with Gasteiger partial charge in [0.05, 0.1) is 12.7 Å². The van der Waals surface area contributed by atoms with E-state index in [2.05, 4.69) is 12.2 Å². The van der Waals surface area contributed by atoms with Crippen LogP contribution in [-0.2, 0) is 9.47 Å². The molecule has 1 aliphatic heterocycles. The lowest BCUT2D eigenvalue weighted by Crippen LogP contribution is -2.50. The largest absolute Gasteiger partial charge is 0.381 e. The molecule has 2 unspecified atom stereocenters. The van der Waals surface area contributed by atoms with Crippen LogP contribution in [0.15, 0.2) is 0 Å². The minimum Gasteiger partial charge on any atom is -0.381 e. The summed E-state index contributed by atoms with van der Waals surface area (Å²) in [7, 11) is 1.80. The van der Waals surface area contributed by atoms with Crippen LogP contribution in [0.5, 0.6) is 0 Å². The third-order valence-corrected chi connectivity index (χ3v) is 3.60. The fourth-order valence-corrected chi connectivity index (χ4v) is 2.35. The summed E-state index contributed by atoms with van der Waals surface area (Å²) >= 11 is 0. The Morgan fingerprint density at radius 1 is 1.43 bits per heavy atom. The summed E-state index contributed by atoms with van der Waals surface area (Å²) in [5, 5.41) is 3.66. The van der Waals surface area contributed by atoms with E-state index in [1.54, 1.807) is 7.11 Å². The monoisotopic (exact) mass is 199 g/mol. The lowest BCUT2D eigenvalue weighted by atomic mass is 9.87. The molecule has 2 atom stereocenters. The van der Waals surface area contributed by atoms with Crippen molar-refractivity contribution in [3.8, 4) is 0 Å². The normalized spacial score (nSPS) is 39.4. The minimum absolute atomic E-state index is 0.500. The Morgan fingerprint density at radius 3 is 2.79 bits per heavy atom. The number of methoxy groups -OCH3 is 1. The van der Waals surface area contributed by atoms with E-state index in [0.717, 1.165) is 19.1 Å². The van der Waals surface area contributed by atoms with E-state index < -0.39 is 0 Å². The second-order valence-corrected chi connectivity index (χ2v) is 4.61. The van der Waals surface area contributed by atoms with Crippen molar-refractivity contribution in [2.75, 3.05) is 20.3 Å². The van der Waals surface area contributed by atoms with Crippen molar-refractivity contribution in [3.63, 3.8) is 0 Å². The zero-order chi connectivity index (χ0) is 9.97. The predicted molar refractivity (Wildman–Crippen MR) is 55.3 cm³/mol. The van der Waals surface area contributed by atoms with Crippen molar-refractivity contribution >= 4 is 0 Å². The summed E-state index contributed by atoms with van der Waals surface area (Å²) < 4.78 is 10.6. The van der Waals surface area contributed by atoms with Gasteiger partial charge in [-0.1, -0.05) is 0 Å². The molecule has 0 amide bonds. The maximum absolute atomic E-state index is 5.39. The molecule has 0 aromatic carbocycles. The molecule has 82 valence electrons. The van der Waals surface area contributed by atoms with Gasteiger partial charge in [0.25, 0.3) is 0 Å². The van der Waals surface area contributed by atoms with Crippen LogP contribution in [0.25, 0.3) is 0 Å². The van der Waals surface area contributed by atoms with E-state index >= 15 is 0 Å². The molecular formula is C11H21NO2. The number of hydrogen-bond donors (Lipinski definition) is 1. The van der Waals surface area contributed by atoms with Crippen molar-refractivity contribution in [1.29, 1.82) is 0 Å². The van der Waals surface area contributed by atoms with Crippen molar-refractivity contribution in [1.82, 2.24) is 5.32 Å². The summed E-state index contributed by atoms with van der Waals surface area (Å²) in [6.45, 7) is 4.16. The van der Waals surface area contributed by atoms with Crippen molar-refractivity contribution < 1.29 is 9.47 Å². The van der Waals surface area contributed by atoms with Gasteiger partial charge in [-0.3, -0.25) is 0 Å². The highest BCUT2D eigenvalue weighted by Crippen LogP contribution is 2.25. The highest BCUT2D eigenvalue weighted by Gasteiger charge is 2.32. The molecule has 3 heteroatoms. The minimum atomic E-state index is 0.500. The van der Waals surface area contributed by atoms with Crippen LogP contribution in [0.2, 0.25) is 0 Å². The van der Waals surface area contributed by atoms with Crippen LogP contribution in [-0.4, -0.2) is 38.5 Å². The first-order valence-corrected chi connectivity index (χ1v) is 5.66. The molecular weight excluding hydrogens is 178 g/mol. The van der Waals surface area contributed by atoms with Crippen LogP contribution in [0.4, 0.5) is 0 Å². The van der Waals surface area contributed by atoms with E-state index in [-0.39, 0.29) is 0 Å². The average Bonchev–Trinajstić information content (AvgIpc) is 2.62. The molecule has 3 nitrogen and oxygen atoms in total. The quantitative estimate of drug-likeness (QED) is 0.737. The number of hydrogen-bond acceptors (Lipinski definition) is 3. The predicted octanol–water partition coefficient (Wildman–Crippen LogP) is 1.18. The highest BCUT2D eigenvalue weighted by molar-refractivity contribution is 4.89. The van der Waals surface area contributed by atoms with Crippen LogP contribution in [0, 0.1) is 5.92 Å². The lowest BCUT2D eigenvalue weighted by molar-refractivity contribution is 0.0124. The van der Waals surface area contributed by atoms with Gasteiger partial charge in [-0.15, -0.1) is 0 Å². The van der Waals surface area contributed by atoms with Crippen LogP contribution in [0.1, 0.15) is 26.2 Å². The molecule has 0 aromatic heterocycles. The summed E-state index contributed by atoms with van der Waals surface area (Å²) in [5.74, 6) is 0.719. The van der Waals surface area contributed by atoms with E-state index in [9.17, 15) is 0 Å². The SMILES string of the molecule is COC1CC(NC(C)C2CCOC2)C1. The molecule has 1 saturated heterocycles. The van der Waals surface area contributed by atoms with E-state index in [1.807, 2.05) is 0 Å². The van der Waals surface area contributed by atoms with Crippen LogP contribution >= 0.6 is 0 Å². The van der Waals surface area contributed by atoms with Crippen molar-refractivity contribution in [2.24, 2.45) is 5.92 Å². The van der Waals surface area contributed by atoms with Gasteiger partial charge in [0.15, 0.2) is 0 Å². The van der Waals surface area contributed by atoms with Crippen molar-refractivity contribution in [3.05, 3.63) is 0 Å². The zero-order valence-corrected chi connectivity index (χ0v) is 9.16. The Labute approximate surface area is 86.2 Å². The molecule has 0 spiro atoms.